The minimum Gasteiger partial charge on any atom is -0.488 e. The molecular formula is C19H22N2O7S. The molecule has 0 bridgehead atoms. The van der Waals surface area contributed by atoms with E-state index in [0.29, 0.717) is 11.3 Å². The lowest BCUT2D eigenvalue weighted by atomic mass is 10.1. The number of carboxylic acid groups (broad SMARTS) is 1. The molecule has 9 nitrogen and oxygen atoms in total. The first-order valence-corrected chi connectivity index (χ1v) is 10.1. The van der Waals surface area contributed by atoms with Gasteiger partial charge in [0.2, 0.25) is 10.0 Å². The van der Waals surface area contributed by atoms with E-state index in [-0.39, 0.29) is 22.6 Å². The molecule has 0 aromatic heterocycles. The molecule has 156 valence electrons. The van der Waals surface area contributed by atoms with E-state index in [9.17, 15) is 28.4 Å². The molecule has 1 atom stereocenters. The standard InChI is InChI=1S/C19H22N2O7S/c1-19(2,3)28-15-8-4-13(5-9-15)12-17(18(22)23)20-29(26,27)16-10-6-14(7-11-16)21(24)25/h4-11,17,20H,12H2,1-3H3,(H,22,23)/t17-/m0/s1. The highest BCUT2D eigenvalue weighted by atomic mass is 32.2. The van der Waals surface area contributed by atoms with E-state index in [1.165, 1.54) is 0 Å². The van der Waals surface area contributed by atoms with Crippen LogP contribution in [0, 0.1) is 10.1 Å². The summed E-state index contributed by atoms with van der Waals surface area (Å²) < 4.78 is 32.8. The fourth-order valence-corrected chi connectivity index (χ4v) is 3.65. The van der Waals surface area contributed by atoms with Crippen LogP contribution in [0.3, 0.4) is 0 Å². The number of nitro groups is 1. The molecule has 0 aliphatic carbocycles. The molecule has 0 radical (unpaired) electrons. The molecule has 10 heteroatoms. The Balaban J connectivity index is 2.15. The molecule has 2 aromatic rings. The number of benzene rings is 2. The lowest BCUT2D eigenvalue weighted by Gasteiger charge is -2.21. The molecule has 0 saturated carbocycles. The average Bonchev–Trinajstić information content (AvgIpc) is 2.61. The highest BCUT2D eigenvalue weighted by Crippen LogP contribution is 2.20. The van der Waals surface area contributed by atoms with Gasteiger partial charge in [0.05, 0.1) is 9.82 Å². The van der Waals surface area contributed by atoms with Crippen LogP contribution in [0.1, 0.15) is 26.3 Å². The monoisotopic (exact) mass is 422 g/mol. The minimum atomic E-state index is -4.18. The van der Waals surface area contributed by atoms with Crippen LogP contribution in [0.25, 0.3) is 0 Å². The van der Waals surface area contributed by atoms with Crippen molar-refractivity contribution < 1.29 is 28.0 Å². The van der Waals surface area contributed by atoms with E-state index < -0.39 is 27.0 Å². The number of nitrogens with zero attached hydrogens (tertiary/aromatic N) is 1. The van der Waals surface area contributed by atoms with E-state index in [0.717, 1.165) is 24.3 Å². The molecule has 0 unspecified atom stereocenters. The molecule has 29 heavy (non-hydrogen) atoms. The van der Waals surface area contributed by atoms with Crippen LogP contribution in [0.5, 0.6) is 5.75 Å². The summed E-state index contributed by atoms with van der Waals surface area (Å²) in [5.41, 5.74) is -0.0488. The van der Waals surface area contributed by atoms with Gasteiger partial charge in [0, 0.05) is 12.1 Å². The molecule has 0 aliphatic rings. The first-order valence-electron chi connectivity index (χ1n) is 8.65. The van der Waals surface area contributed by atoms with Crippen molar-refractivity contribution in [2.45, 2.75) is 43.7 Å². The number of ether oxygens (including phenoxy) is 1. The number of non-ortho nitro benzene ring substituents is 1. The maximum absolute atomic E-state index is 12.5. The Kier molecular flexibility index (Phi) is 6.60. The molecule has 0 fully saturated rings. The fraction of sp³-hybridized carbons (Fsp3) is 0.316. The number of nitro benzene ring substituents is 1. The molecule has 0 heterocycles. The second-order valence-corrected chi connectivity index (χ2v) is 9.04. The summed E-state index contributed by atoms with van der Waals surface area (Å²) in [4.78, 5) is 21.3. The largest absolute Gasteiger partial charge is 0.488 e. The van der Waals surface area contributed by atoms with Gasteiger partial charge >= 0.3 is 5.97 Å². The van der Waals surface area contributed by atoms with Gasteiger partial charge in [-0.05, 0) is 57.0 Å². The summed E-state index contributed by atoms with van der Waals surface area (Å²) in [6.07, 6.45) is -0.0860. The van der Waals surface area contributed by atoms with Crippen LogP contribution in [0.15, 0.2) is 53.4 Å². The van der Waals surface area contributed by atoms with Crippen molar-refractivity contribution >= 4 is 21.7 Å². The van der Waals surface area contributed by atoms with Crippen molar-refractivity contribution in [2.24, 2.45) is 0 Å². The summed E-state index contributed by atoms with van der Waals surface area (Å²) >= 11 is 0. The van der Waals surface area contributed by atoms with Gasteiger partial charge in [-0.2, -0.15) is 4.72 Å². The molecule has 0 saturated heterocycles. The topological polar surface area (TPSA) is 136 Å². The fourth-order valence-electron chi connectivity index (χ4n) is 2.46. The predicted octanol–water partition coefficient (Wildman–Crippen LogP) is 2.75. The lowest BCUT2D eigenvalue weighted by molar-refractivity contribution is -0.384. The van der Waals surface area contributed by atoms with Crippen molar-refractivity contribution in [1.29, 1.82) is 0 Å². The molecular weight excluding hydrogens is 400 g/mol. The van der Waals surface area contributed by atoms with Crippen molar-refractivity contribution in [3.63, 3.8) is 0 Å². The van der Waals surface area contributed by atoms with Crippen molar-refractivity contribution in [1.82, 2.24) is 4.72 Å². The van der Waals surface area contributed by atoms with Crippen LogP contribution in [-0.4, -0.2) is 36.1 Å². The smallest absolute Gasteiger partial charge is 0.322 e. The van der Waals surface area contributed by atoms with Crippen LogP contribution < -0.4 is 9.46 Å². The third-order valence-corrected chi connectivity index (χ3v) is 5.23. The minimum absolute atomic E-state index is 0.0860. The first kappa shape index (κ1) is 22.3. The molecule has 0 aliphatic heterocycles. The van der Waals surface area contributed by atoms with Crippen LogP contribution in [-0.2, 0) is 21.2 Å². The van der Waals surface area contributed by atoms with Gasteiger partial charge in [-0.3, -0.25) is 14.9 Å². The van der Waals surface area contributed by atoms with Gasteiger partial charge in [-0.25, -0.2) is 8.42 Å². The van der Waals surface area contributed by atoms with Crippen LogP contribution in [0.2, 0.25) is 0 Å². The Morgan fingerprint density at radius 1 is 1.14 bits per heavy atom. The SMILES string of the molecule is CC(C)(C)Oc1ccc(C[C@H](NS(=O)(=O)c2ccc([N+](=O)[O-])cc2)C(=O)O)cc1. The third kappa shape index (κ3) is 6.54. The van der Waals surface area contributed by atoms with Crippen molar-refractivity contribution in [3.8, 4) is 5.75 Å². The second-order valence-electron chi connectivity index (χ2n) is 7.33. The number of nitrogens with one attached hydrogen (secondary N) is 1. The Hall–Kier alpha value is -2.98. The zero-order valence-corrected chi connectivity index (χ0v) is 17.0. The summed E-state index contributed by atoms with van der Waals surface area (Å²) in [6, 6.07) is 9.47. The van der Waals surface area contributed by atoms with Crippen molar-refractivity contribution in [2.75, 3.05) is 0 Å². The number of rotatable bonds is 8. The summed E-state index contributed by atoms with van der Waals surface area (Å²) in [6.45, 7) is 5.69. The number of carboxylic acids is 1. The third-order valence-electron chi connectivity index (χ3n) is 3.74. The van der Waals surface area contributed by atoms with E-state index in [2.05, 4.69) is 4.72 Å². The Morgan fingerprint density at radius 3 is 2.14 bits per heavy atom. The van der Waals surface area contributed by atoms with E-state index >= 15 is 0 Å². The maximum atomic E-state index is 12.5. The summed E-state index contributed by atoms with van der Waals surface area (Å²) in [7, 11) is -4.18. The van der Waals surface area contributed by atoms with Gasteiger partial charge in [0.25, 0.3) is 5.69 Å². The van der Waals surface area contributed by atoms with Gasteiger partial charge in [0.1, 0.15) is 17.4 Å². The zero-order chi connectivity index (χ0) is 21.8. The van der Waals surface area contributed by atoms with Crippen LogP contribution >= 0.6 is 0 Å². The Bertz CT molecular complexity index is 979. The maximum Gasteiger partial charge on any atom is 0.322 e. The van der Waals surface area contributed by atoms with Crippen molar-refractivity contribution in [3.05, 3.63) is 64.2 Å². The van der Waals surface area contributed by atoms with Gasteiger partial charge in [0.15, 0.2) is 0 Å². The van der Waals surface area contributed by atoms with E-state index in [1.807, 2.05) is 20.8 Å². The zero-order valence-electron chi connectivity index (χ0n) is 16.2. The lowest BCUT2D eigenvalue weighted by Crippen LogP contribution is -2.42. The average molecular weight is 422 g/mol. The predicted molar refractivity (Wildman–Crippen MR) is 105 cm³/mol. The number of hydrogen-bond acceptors (Lipinski definition) is 6. The Morgan fingerprint density at radius 2 is 1.69 bits per heavy atom. The van der Waals surface area contributed by atoms with Crippen LogP contribution in [0.4, 0.5) is 5.69 Å². The molecule has 0 amide bonds. The second kappa shape index (κ2) is 8.58. The van der Waals surface area contributed by atoms with Gasteiger partial charge < -0.3 is 9.84 Å². The Labute approximate surface area is 168 Å². The van der Waals surface area contributed by atoms with E-state index in [4.69, 9.17) is 4.74 Å². The molecule has 2 aromatic carbocycles. The highest BCUT2D eigenvalue weighted by Gasteiger charge is 2.26. The molecule has 2 rings (SSSR count). The summed E-state index contributed by atoms with van der Waals surface area (Å²) in [5.74, 6) is -0.731. The van der Waals surface area contributed by atoms with E-state index in [1.54, 1.807) is 24.3 Å². The number of hydrogen-bond donors (Lipinski definition) is 2. The normalized spacial score (nSPS) is 12.9. The number of carbonyl (C=O) groups is 1. The van der Waals surface area contributed by atoms with Gasteiger partial charge in [-0.1, -0.05) is 12.1 Å². The molecule has 2 N–H and O–H groups in total. The first-order chi connectivity index (χ1) is 13.4. The highest BCUT2D eigenvalue weighted by molar-refractivity contribution is 7.89. The number of sulfonamides is 1. The number of aliphatic carboxylic acids is 1. The summed E-state index contributed by atoms with van der Waals surface area (Å²) in [5, 5.41) is 20.1. The quantitative estimate of drug-likeness (QED) is 0.493. The van der Waals surface area contributed by atoms with Gasteiger partial charge in [-0.15, -0.1) is 0 Å². The molecule has 0 spiro atoms.